The summed E-state index contributed by atoms with van der Waals surface area (Å²) >= 11 is 1.54. The Balaban J connectivity index is 1.26. The zero-order valence-corrected chi connectivity index (χ0v) is 19.5. The summed E-state index contributed by atoms with van der Waals surface area (Å²) in [5, 5.41) is 6.77. The van der Waals surface area contributed by atoms with Crippen LogP contribution in [0.4, 0.5) is 11.4 Å². The van der Waals surface area contributed by atoms with Gasteiger partial charge in [0.25, 0.3) is 5.91 Å². The van der Waals surface area contributed by atoms with E-state index in [1.807, 2.05) is 55.5 Å². The molecule has 33 heavy (non-hydrogen) atoms. The highest BCUT2D eigenvalue weighted by Gasteiger charge is 2.15. The van der Waals surface area contributed by atoms with Crippen LogP contribution in [-0.2, 0) is 4.79 Å². The lowest BCUT2D eigenvalue weighted by Crippen LogP contribution is -2.35. The van der Waals surface area contributed by atoms with E-state index in [4.69, 9.17) is 0 Å². The molecule has 0 saturated carbocycles. The first-order chi connectivity index (χ1) is 16.1. The highest BCUT2D eigenvalue weighted by Crippen LogP contribution is 2.26. The van der Waals surface area contributed by atoms with Crippen molar-refractivity contribution in [1.82, 2.24) is 10.3 Å². The molecule has 1 unspecified atom stereocenters. The van der Waals surface area contributed by atoms with Gasteiger partial charge >= 0.3 is 0 Å². The van der Waals surface area contributed by atoms with Gasteiger partial charge in [0.2, 0.25) is 5.91 Å². The molecule has 1 atom stereocenters. The maximum absolute atomic E-state index is 12.6. The monoisotopic (exact) mass is 460 g/mol. The van der Waals surface area contributed by atoms with Crippen LogP contribution in [0.15, 0.2) is 82.8 Å². The summed E-state index contributed by atoms with van der Waals surface area (Å²) in [6, 6.07) is 20.8. The molecule has 0 radical (unpaired) electrons. The van der Waals surface area contributed by atoms with E-state index in [-0.39, 0.29) is 24.3 Å². The number of anilines is 2. The summed E-state index contributed by atoms with van der Waals surface area (Å²) in [6.45, 7) is 3.95. The van der Waals surface area contributed by atoms with E-state index in [0.717, 1.165) is 34.4 Å². The van der Waals surface area contributed by atoms with Crippen molar-refractivity contribution < 1.29 is 9.59 Å². The number of carbonyl (C=O) groups excluding carboxylic acids is 2. The summed E-state index contributed by atoms with van der Waals surface area (Å²) in [6.07, 6.45) is 4.37. The zero-order chi connectivity index (χ0) is 23.0. The highest BCUT2D eigenvalue weighted by molar-refractivity contribution is 7.99. The second-order valence-electron chi connectivity index (χ2n) is 8.17. The van der Waals surface area contributed by atoms with E-state index >= 15 is 0 Å². The molecule has 6 nitrogen and oxygen atoms in total. The Morgan fingerprint density at radius 1 is 1.03 bits per heavy atom. The van der Waals surface area contributed by atoms with Crippen LogP contribution in [0.25, 0.3) is 0 Å². The SMILES string of the molecule is CC(CC(=O)Nc1cccc(N2CCCC2)c1)NC(=O)c1ccc(Sc2ccccn2)cc1. The molecule has 1 aromatic heterocycles. The second-order valence-corrected chi connectivity index (χ2v) is 9.26. The van der Waals surface area contributed by atoms with Gasteiger partial charge in [-0.1, -0.05) is 23.9 Å². The fourth-order valence-corrected chi connectivity index (χ4v) is 4.58. The lowest BCUT2D eigenvalue weighted by Gasteiger charge is -2.19. The first-order valence-corrected chi connectivity index (χ1v) is 12.0. The molecule has 1 aliphatic heterocycles. The third-order valence-corrected chi connectivity index (χ3v) is 6.41. The Labute approximate surface area is 198 Å². The number of pyridine rings is 1. The molecule has 7 heteroatoms. The Kier molecular flexibility index (Phi) is 7.62. The van der Waals surface area contributed by atoms with E-state index in [0.29, 0.717) is 5.56 Å². The van der Waals surface area contributed by atoms with Crippen LogP contribution in [0.2, 0.25) is 0 Å². The average molecular weight is 461 g/mol. The fourth-order valence-electron chi connectivity index (χ4n) is 3.81. The Hall–Kier alpha value is -3.32. The first-order valence-electron chi connectivity index (χ1n) is 11.2. The van der Waals surface area contributed by atoms with Crippen molar-refractivity contribution in [2.75, 3.05) is 23.3 Å². The molecular formula is C26H28N4O2S. The Morgan fingerprint density at radius 2 is 1.82 bits per heavy atom. The van der Waals surface area contributed by atoms with Gasteiger partial charge in [-0.25, -0.2) is 4.98 Å². The van der Waals surface area contributed by atoms with Gasteiger partial charge in [0.15, 0.2) is 0 Å². The van der Waals surface area contributed by atoms with E-state index < -0.39 is 0 Å². The van der Waals surface area contributed by atoms with Crippen LogP contribution in [0.5, 0.6) is 0 Å². The molecule has 4 rings (SSSR count). The van der Waals surface area contributed by atoms with Crippen LogP contribution in [0.3, 0.4) is 0 Å². The van der Waals surface area contributed by atoms with Crippen molar-refractivity contribution in [3.05, 3.63) is 78.5 Å². The molecule has 3 aromatic rings. The molecule has 170 valence electrons. The van der Waals surface area contributed by atoms with Gasteiger partial charge in [-0.2, -0.15) is 0 Å². The van der Waals surface area contributed by atoms with Crippen LogP contribution in [0.1, 0.15) is 36.5 Å². The summed E-state index contributed by atoms with van der Waals surface area (Å²) in [5.41, 5.74) is 2.48. The van der Waals surface area contributed by atoms with Crippen LogP contribution >= 0.6 is 11.8 Å². The number of hydrogen-bond acceptors (Lipinski definition) is 5. The molecule has 2 amide bonds. The van der Waals surface area contributed by atoms with E-state index in [1.54, 1.807) is 30.1 Å². The first kappa shape index (κ1) is 22.9. The van der Waals surface area contributed by atoms with E-state index in [2.05, 4.69) is 26.6 Å². The quantitative estimate of drug-likeness (QED) is 0.496. The maximum Gasteiger partial charge on any atom is 0.251 e. The number of nitrogens with zero attached hydrogens (tertiary/aromatic N) is 2. The third-order valence-electron chi connectivity index (χ3n) is 5.45. The van der Waals surface area contributed by atoms with Crippen molar-refractivity contribution in [3.8, 4) is 0 Å². The van der Waals surface area contributed by atoms with Crippen molar-refractivity contribution in [1.29, 1.82) is 0 Å². The molecule has 1 saturated heterocycles. The van der Waals surface area contributed by atoms with Gasteiger partial charge in [0.05, 0.1) is 0 Å². The smallest absolute Gasteiger partial charge is 0.251 e. The molecule has 1 fully saturated rings. The number of carbonyl (C=O) groups is 2. The standard InChI is InChI=1S/C26H28N4O2S/c1-19(17-24(31)29-21-7-6-8-22(18-21)30-15-4-5-16-30)28-26(32)20-10-12-23(13-11-20)33-25-9-2-3-14-27-25/h2-3,6-14,18-19H,4-5,15-17H2,1H3,(H,28,32)(H,29,31). The van der Waals surface area contributed by atoms with Gasteiger partial charge < -0.3 is 15.5 Å². The molecule has 0 aliphatic carbocycles. The minimum Gasteiger partial charge on any atom is -0.371 e. The van der Waals surface area contributed by atoms with Crippen molar-refractivity contribution in [2.24, 2.45) is 0 Å². The molecule has 1 aliphatic rings. The molecular weight excluding hydrogens is 432 g/mol. The summed E-state index contributed by atoms with van der Waals surface area (Å²) in [5.74, 6) is -0.316. The topological polar surface area (TPSA) is 74.3 Å². The van der Waals surface area contributed by atoms with Crippen molar-refractivity contribution in [2.45, 2.75) is 42.1 Å². The summed E-state index contributed by atoms with van der Waals surface area (Å²) in [4.78, 5) is 32.7. The van der Waals surface area contributed by atoms with Crippen LogP contribution in [-0.4, -0.2) is 35.9 Å². The molecule has 2 heterocycles. The lowest BCUT2D eigenvalue weighted by atomic mass is 10.1. The van der Waals surface area contributed by atoms with E-state index in [9.17, 15) is 9.59 Å². The van der Waals surface area contributed by atoms with Gasteiger partial charge in [-0.05, 0) is 74.4 Å². The zero-order valence-electron chi connectivity index (χ0n) is 18.7. The van der Waals surface area contributed by atoms with Crippen LogP contribution in [0, 0.1) is 0 Å². The predicted molar refractivity (Wildman–Crippen MR) is 133 cm³/mol. The Morgan fingerprint density at radius 3 is 2.55 bits per heavy atom. The molecule has 2 aromatic carbocycles. The largest absolute Gasteiger partial charge is 0.371 e. The molecule has 2 N–H and O–H groups in total. The minimum absolute atomic E-state index is 0.122. The van der Waals surface area contributed by atoms with E-state index in [1.165, 1.54) is 12.8 Å². The third kappa shape index (κ3) is 6.58. The number of hydrogen-bond donors (Lipinski definition) is 2. The van der Waals surface area contributed by atoms with Crippen LogP contribution < -0.4 is 15.5 Å². The number of nitrogens with one attached hydrogen (secondary N) is 2. The summed E-state index contributed by atoms with van der Waals surface area (Å²) < 4.78 is 0. The highest BCUT2D eigenvalue weighted by atomic mass is 32.2. The predicted octanol–water partition coefficient (Wildman–Crippen LogP) is 4.98. The van der Waals surface area contributed by atoms with Crippen molar-refractivity contribution in [3.63, 3.8) is 0 Å². The molecule has 0 spiro atoms. The fraction of sp³-hybridized carbons (Fsp3) is 0.269. The van der Waals surface area contributed by atoms with Gasteiger partial charge in [0, 0.05) is 53.6 Å². The molecule has 0 bridgehead atoms. The van der Waals surface area contributed by atoms with Gasteiger partial charge in [0.1, 0.15) is 5.03 Å². The lowest BCUT2D eigenvalue weighted by molar-refractivity contribution is -0.116. The number of benzene rings is 2. The van der Waals surface area contributed by atoms with Crippen molar-refractivity contribution >= 4 is 35.0 Å². The average Bonchev–Trinajstić information content (AvgIpc) is 3.35. The Bertz CT molecular complexity index is 1080. The van der Waals surface area contributed by atoms with Gasteiger partial charge in [-0.15, -0.1) is 0 Å². The van der Waals surface area contributed by atoms with Gasteiger partial charge in [-0.3, -0.25) is 9.59 Å². The maximum atomic E-state index is 12.6. The normalized spacial score (nSPS) is 14.0. The number of aromatic nitrogens is 1. The summed E-state index contributed by atoms with van der Waals surface area (Å²) in [7, 11) is 0. The minimum atomic E-state index is -0.290. The number of amides is 2. The second kappa shape index (κ2) is 11.0. The number of rotatable bonds is 8.